The summed E-state index contributed by atoms with van der Waals surface area (Å²) in [5, 5.41) is 22.4. The van der Waals surface area contributed by atoms with E-state index < -0.39 is 40.6 Å². The standard InChI is InChI=1S/C32H22N4O7/c33-31-34(21-9-3-1-4-10-21)30(42)32(35(31)22-11-5-2-6-12-22)24(19-43-23-17-15-20(16-18-23)29(40)41)27(38)28(39)36(32)25-13-7-8-14-26(25)37/h1-19,33H,(H2,37,40,41)/b24-19-. The second-order valence-electron chi connectivity index (χ2n) is 9.59. The Morgan fingerprint density at radius 1 is 0.860 bits per heavy atom. The maximum atomic E-state index is 14.8. The van der Waals surface area contributed by atoms with Gasteiger partial charge in [0, 0.05) is 5.69 Å². The number of anilines is 2. The normalized spacial score (nSPS) is 19.2. The molecular formula is C32H22N4O7. The molecule has 0 aliphatic carbocycles. The molecule has 0 saturated carbocycles. The van der Waals surface area contributed by atoms with Gasteiger partial charge in [-0.15, -0.1) is 0 Å². The van der Waals surface area contributed by atoms with Crippen molar-refractivity contribution >= 4 is 46.6 Å². The lowest BCUT2D eigenvalue weighted by atomic mass is 9.97. The van der Waals surface area contributed by atoms with Crippen molar-refractivity contribution in [3.63, 3.8) is 0 Å². The Balaban J connectivity index is 1.64. The van der Waals surface area contributed by atoms with Crippen LogP contribution in [0.4, 0.5) is 17.1 Å². The van der Waals surface area contributed by atoms with Crippen LogP contribution in [0.2, 0.25) is 0 Å². The van der Waals surface area contributed by atoms with Gasteiger partial charge in [0.25, 0.3) is 5.78 Å². The molecule has 1 spiro atoms. The van der Waals surface area contributed by atoms with Crippen LogP contribution in [0.25, 0.3) is 0 Å². The Morgan fingerprint density at radius 2 is 1.47 bits per heavy atom. The van der Waals surface area contributed by atoms with Gasteiger partial charge in [-0.25, -0.2) is 9.59 Å². The van der Waals surface area contributed by atoms with E-state index in [1.165, 1.54) is 58.0 Å². The van der Waals surface area contributed by atoms with Crippen LogP contribution in [0.15, 0.2) is 121 Å². The van der Waals surface area contributed by atoms with Crippen LogP contribution >= 0.6 is 0 Å². The number of nitrogens with zero attached hydrogens (tertiary/aromatic N) is 3. The molecule has 3 N–H and O–H groups in total. The number of Topliss-reactive ketones (excluding diaryl/α,β-unsaturated/α-hetero) is 1. The van der Waals surface area contributed by atoms with E-state index >= 15 is 0 Å². The van der Waals surface area contributed by atoms with Crippen LogP contribution in [0.3, 0.4) is 0 Å². The summed E-state index contributed by atoms with van der Waals surface area (Å²) in [5.74, 6) is -4.79. The van der Waals surface area contributed by atoms with Crippen molar-refractivity contribution in [1.82, 2.24) is 0 Å². The molecule has 2 amide bonds. The van der Waals surface area contributed by atoms with Crippen LogP contribution in [0.1, 0.15) is 10.4 Å². The van der Waals surface area contributed by atoms with Crippen molar-refractivity contribution < 1.29 is 38.7 Å². The largest absolute Gasteiger partial charge is 0.871 e. The number of carbonyl (C=O) groups is 4. The van der Waals surface area contributed by atoms with E-state index in [4.69, 9.17) is 10.5 Å². The number of amides is 2. The Bertz CT molecular complexity index is 1850. The molecule has 1 atom stereocenters. The molecule has 2 aliphatic heterocycles. The summed E-state index contributed by atoms with van der Waals surface area (Å²) in [4.78, 5) is 55.8. The minimum atomic E-state index is -2.31. The number of hydrogen-bond donors (Lipinski definition) is 2. The van der Waals surface area contributed by atoms with Gasteiger partial charge < -0.3 is 14.9 Å². The predicted molar refractivity (Wildman–Crippen MR) is 153 cm³/mol. The molecule has 4 aromatic rings. The van der Waals surface area contributed by atoms with Gasteiger partial charge in [-0.1, -0.05) is 60.3 Å². The van der Waals surface area contributed by atoms with E-state index in [9.17, 15) is 29.4 Å². The highest BCUT2D eigenvalue weighted by atomic mass is 16.5. The van der Waals surface area contributed by atoms with Crippen LogP contribution in [-0.4, -0.2) is 44.9 Å². The van der Waals surface area contributed by atoms with Crippen LogP contribution in [0.5, 0.6) is 11.5 Å². The zero-order valence-electron chi connectivity index (χ0n) is 22.3. The molecule has 11 heteroatoms. The number of ketones is 1. The van der Waals surface area contributed by atoms with Crippen molar-refractivity contribution in [3.05, 3.63) is 127 Å². The summed E-state index contributed by atoms with van der Waals surface area (Å²) in [5.41, 5.74) is 4.49. The second kappa shape index (κ2) is 10.3. The zero-order chi connectivity index (χ0) is 30.3. The van der Waals surface area contributed by atoms with Crippen LogP contribution in [0, 0.1) is 0 Å². The van der Waals surface area contributed by atoms with E-state index in [0.29, 0.717) is 11.4 Å². The summed E-state index contributed by atoms with van der Waals surface area (Å²) in [6.07, 6.45) is 0.971. The Labute approximate surface area is 244 Å². The Morgan fingerprint density at radius 3 is 2.09 bits per heavy atom. The summed E-state index contributed by atoms with van der Waals surface area (Å²) < 4.78 is 7.11. The number of benzene rings is 4. The highest BCUT2D eigenvalue weighted by Crippen LogP contribution is 2.47. The van der Waals surface area contributed by atoms with Crippen LogP contribution in [-0.2, 0) is 14.4 Å². The topological polar surface area (TPSA) is 156 Å². The molecule has 6 rings (SSSR count). The average molecular weight is 575 g/mol. The van der Waals surface area contributed by atoms with Gasteiger partial charge in [0.2, 0.25) is 0 Å². The van der Waals surface area contributed by atoms with Gasteiger partial charge in [-0.05, 0) is 54.6 Å². The van der Waals surface area contributed by atoms with E-state index in [1.807, 2.05) is 0 Å². The van der Waals surface area contributed by atoms with Gasteiger partial charge in [0.05, 0.1) is 5.56 Å². The molecule has 2 heterocycles. The summed E-state index contributed by atoms with van der Waals surface area (Å²) in [7, 11) is 0. The third-order valence-corrected chi connectivity index (χ3v) is 7.17. The first-order valence-corrected chi connectivity index (χ1v) is 13.0. The molecule has 43 heavy (non-hydrogen) atoms. The van der Waals surface area contributed by atoms with E-state index in [2.05, 4.69) is 0 Å². The molecule has 1 fully saturated rings. The van der Waals surface area contributed by atoms with Crippen molar-refractivity contribution in [3.8, 4) is 11.5 Å². The van der Waals surface area contributed by atoms with E-state index in [1.54, 1.807) is 60.7 Å². The van der Waals surface area contributed by atoms with Crippen molar-refractivity contribution in [2.45, 2.75) is 5.66 Å². The maximum absolute atomic E-state index is 14.8. The highest BCUT2D eigenvalue weighted by Gasteiger charge is 2.73. The fraction of sp³-hybridized carbons (Fsp3) is 0.0312. The molecule has 0 aromatic heterocycles. The second-order valence-corrected chi connectivity index (χ2v) is 9.59. The molecule has 4 aromatic carbocycles. The summed E-state index contributed by atoms with van der Waals surface area (Å²) >= 11 is 0. The molecule has 212 valence electrons. The van der Waals surface area contributed by atoms with Crippen molar-refractivity contribution in [2.24, 2.45) is 5.73 Å². The maximum Gasteiger partial charge on any atom is 0.366 e. The molecule has 0 radical (unpaired) electrons. The minimum Gasteiger partial charge on any atom is -0.871 e. The van der Waals surface area contributed by atoms with E-state index in [0.717, 1.165) is 11.2 Å². The van der Waals surface area contributed by atoms with Gasteiger partial charge >= 0.3 is 29.4 Å². The van der Waals surface area contributed by atoms with Gasteiger partial charge in [-0.3, -0.25) is 20.2 Å². The number of aromatic carboxylic acids is 1. The van der Waals surface area contributed by atoms with Crippen molar-refractivity contribution in [1.29, 1.82) is 0 Å². The lowest BCUT2D eigenvalue weighted by Gasteiger charge is -2.34. The fourth-order valence-electron chi connectivity index (χ4n) is 5.28. The summed E-state index contributed by atoms with van der Waals surface area (Å²) in [6.45, 7) is 0. The zero-order valence-corrected chi connectivity index (χ0v) is 22.3. The Kier molecular flexibility index (Phi) is 6.46. The molecule has 2 aliphatic rings. The molecule has 1 saturated heterocycles. The average Bonchev–Trinajstić information content (AvgIpc) is 3.38. The first kappa shape index (κ1) is 27.0. The fourth-order valence-corrected chi connectivity index (χ4v) is 5.28. The number of carbonyl (C=O) groups excluding carboxylic acids is 3. The quantitative estimate of drug-likeness (QED) is 0.154. The van der Waals surface area contributed by atoms with Gasteiger partial charge in [-0.2, -0.15) is 9.48 Å². The van der Waals surface area contributed by atoms with Crippen molar-refractivity contribution in [2.75, 3.05) is 9.80 Å². The molecule has 0 bridgehead atoms. The first-order chi connectivity index (χ1) is 20.8. The molecule has 11 nitrogen and oxygen atoms in total. The van der Waals surface area contributed by atoms with Gasteiger partial charge in [0.15, 0.2) is 0 Å². The predicted octanol–water partition coefficient (Wildman–Crippen LogP) is 2.74. The number of nitrogens with two attached hydrogens (primary N) is 1. The number of carboxylic acid groups (broad SMARTS) is 1. The van der Waals surface area contributed by atoms with Crippen LogP contribution < -0.4 is 25.4 Å². The van der Waals surface area contributed by atoms with Gasteiger partial charge in [0.1, 0.15) is 29.0 Å². The number of carboxylic acids is 1. The first-order valence-electron chi connectivity index (χ1n) is 13.0. The third kappa shape index (κ3) is 4.10. The number of guanidine groups is 1. The summed E-state index contributed by atoms with van der Waals surface area (Å²) in [6, 6.07) is 27.7. The monoisotopic (exact) mass is 574 g/mol. The van der Waals surface area contributed by atoms with E-state index in [-0.39, 0.29) is 23.0 Å². The lowest BCUT2D eigenvalue weighted by Crippen LogP contribution is -2.59. The SMILES string of the molecule is NC1=[N+](c2ccccc2)C2(C(=O)N1c1ccccc1)/C(=C\Oc1ccc(C(=O)O)cc1)C(=O)C(=O)N2c1ccccc1[O-]. The highest BCUT2D eigenvalue weighted by molar-refractivity contribution is 6.54. The number of hydrogen-bond acceptors (Lipinski definition) is 7. The third-order valence-electron chi connectivity index (χ3n) is 7.17. The number of rotatable bonds is 6. The number of para-hydroxylation sites is 4. The number of ether oxygens (including phenoxy) is 1. The minimum absolute atomic E-state index is 0.00363. The molecular weight excluding hydrogens is 552 g/mol. The smallest absolute Gasteiger partial charge is 0.366 e. The lowest BCUT2D eigenvalue weighted by molar-refractivity contribution is -0.494. The Hall–Kier alpha value is -6.23. The molecule has 1 unspecified atom stereocenters.